The van der Waals surface area contributed by atoms with Crippen LogP contribution in [-0.4, -0.2) is 11.7 Å². The highest BCUT2D eigenvalue weighted by molar-refractivity contribution is 5.32. The number of phenolic OH excluding ortho intramolecular Hbond substituents is 1. The lowest BCUT2D eigenvalue weighted by Gasteiger charge is -2.43. The summed E-state index contributed by atoms with van der Waals surface area (Å²) in [5.74, 6) is 0.331. The summed E-state index contributed by atoms with van der Waals surface area (Å²) in [6.45, 7) is 5.38. The molecule has 1 aliphatic carbocycles. The van der Waals surface area contributed by atoms with Crippen LogP contribution in [-0.2, 0) is 5.41 Å². The van der Waals surface area contributed by atoms with Crippen molar-refractivity contribution in [2.45, 2.75) is 44.9 Å². The molecule has 94 valence electrons. The topological polar surface area (TPSA) is 46.2 Å². The molecule has 0 bridgehead atoms. The molecule has 0 aliphatic heterocycles. The molecule has 0 unspecified atom stereocenters. The average molecular weight is 233 g/mol. The first kappa shape index (κ1) is 12.4. The minimum Gasteiger partial charge on any atom is -0.508 e. The molecule has 0 atom stereocenters. The van der Waals surface area contributed by atoms with Crippen molar-refractivity contribution in [3.05, 3.63) is 29.8 Å². The largest absolute Gasteiger partial charge is 0.508 e. The number of rotatable bonds is 2. The van der Waals surface area contributed by atoms with E-state index < -0.39 is 0 Å². The van der Waals surface area contributed by atoms with Crippen molar-refractivity contribution in [3.63, 3.8) is 0 Å². The molecule has 2 heteroatoms. The van der Waals surface area contributed by atoms with E-state index in [1.165, 1.54) is 18.4 Å². The predicted octanol–water partition coefficient (Wildman–Crippen LogP) is 3.19. The molecule has 3 N–H and O–H groups in total. The van der Waals surface area contributed by atoms with Crippen molar-refractivity contribution in [2.75, 3.05) is 6.54 Å². The fourth-order valence-electron chi connectivity index (χ4n) is 2.83. The van der Waals surface area contributed by atoms with Crippen LogP contribution >= 0.6 is 0 Å². The lowest BCUT2D eigenvalue weighted by atomic mass is 9.62. The van der Waals surface area contributed by atoms with E-state index in [0.29, 0.717) is 17.7 Å². The summed E-state index contributed by atoms with van der Waals surface area (Å²) in [7, 11) is 0. The Morgan fingerprint density at radius 2 is 1.59 bits per heavy atom. The standard InChI is InChI=1S/C15H23NO/c1-14(2)7-9-15(11-16,10-8-14)12-3-5-13(17)6-4-12/h3-6,17H,7-11,16H2,1-2H3. The minimum atomic E-state index is 0.128. The van der Waals surface area contributed by atoms with E-state index in [9.17, 15) is 5.11 Å². The van der Waals surface area contributed by atoms with Gasteiger partial charge in [-0.2, -0.15) is 0 Å². The lowest BCUT2D eigenvalue weighted by Crippen LogP contribution is -2.40. The summed E-state index contributed by atoms with van der Waals surface area (Å²) in [4.78, 5) is 0. The molecule has 1 fully saturated rings. The molecule has 0 amide bonds. The number of hydrogen-bond donors (Lipinski definition) is 2. The Labute approximate surface area is 104 Å². The summed E-state index contributed by atoms with van der Waals surface area (Å²) >= 11 is 0. The van der Waals surface area contributed by atoms with Gasteiger partial charge in [-0.3, -0.25) is 0 Å². The molecule has 0 heterocycles. The molecule has 1 aliphatic rings. The van der Waals surface area contributed by atoms with E-state index >= 15 is 0 Å². The number of aromatic hydroxyl groups is 1. The van der Waals surface area contributed by atoms with Gasteiger partial charge in [-0.05, 0) is 48.8 Å². The summed E-state index contributed by atoms with van der Waals surface area (Å²) in [5, 5.41) is 9.36. The van der Waals surface area contributed by atoms with Crippen molar-refractivity contribution < 1.29 is 5.11 Å². The third-order valence-electron chi connectivity index (χ3n) is 4.43. The third kappa shape index (κ3) is 2.47. The second-order valence-electron chi connectivity index (χ2n) is 6.20. The van der Waals surface area contributed by atoms with Crippen LogP contribution < -0.4 is 5.73 Å². The Kier molecular flexibility index (Phi) is 3.17. The zero-order valence-electron chi connectivity index (χ0n) is 10.9. The Morgan fingerprint density at radius 3 is 2.06 bits per heavy atom. The Hall–Kier alpha value is -1.02. The number of nitrogens with two attached hydrogens (primary N) is 1. The van der Waals surface area contributed by atoms with Crippen LogP contribution in [0.3, 0.4) is 0 Å². The second-order valence-corrected chi connectivity index (χ2v) is 6.20. The zero-order valence-corrected chi connectivity index (χ0v) is 10.9. The van der Waals surface area contributed by atoms with E-state index in [1.54, 1.807) is 12.1 Å². The lowest BCUT2D eigenvalue weighted by molar-refractivity contribution is 0.166. The van der Waals surface area contributed by atoms with Gasteiger partial charge in [0.25, 0.3) is 0 Å². The maximum Gasteiger partial charge on any atom is 0.115 e. The van der Waals surface area contributed by atoms with Gasteiger partial charge in [0, 0.05) is 12.0 Å². The maximum atomic E-state index is 9.36. The van der Waals surface area contributed by atoms with Gasteiger partial charge in [0.15, 0.2) is 0 Å². The predicted molar refractivity (Wildman–Crippen MR) is 71.1 cm³/mol. The number of hydrogen-bond acceptors (Lipinski definition) is 2. The van der Waals surface area contributed by atoms with Gasteiger partial charge in [-0.25, -0.2) is 0 Å². The number of benzene rings is 1. The van der Waals surface area contributed by atoms with E-state index in [2.05, 4.69) is 13.8 Å². The van der Waals surface area contributed by atoms with Crippen LogP contribution in [0.25, 0.3) is 0 Å². The molecule has 1 aromatic carbocycles. The van der Waals surface area contributed by atoms with Gasteiger partial charge < -0.3 is 10.8 Å². The molecular formula is C15H23NO. The summed E-state index contributed by atoms with van der Waals surface area (Å²) in [5.41, 5.74) is 7.90. The molecule has 0 saturated heterocycles. The van der Waals surface area contributed by atoms with Gasteiger partial charge in [0.05, 0.1) is 0 Å². The Balaban J connectivity index is 2.24. The second kappa shape index (κ2) is 4.34. The van der Waals surface area contributed by atoms with E-state index in [-0.39, 0.29) is 5.41 Å². The number of phenols is 1. The van der Waals surface area contributed by atoms with Gasteiger partial charge in [0.1, 0.15) is 5.75 Å². The minimum absolute atomic E-state index is 0.128. The molecule has 0 radical (unpaired) electrons. The van der Waals surface area contributed by atoms with Gasteiger partial charge in [-0.1, -0.05) is 26.0 Å². The van der Waals surface area contributed by atoms with Crippen LogP contribution in [0.5, 0.6) is 5.75 Å². The first-order chi connectivity index (χ1) is 7.97. The van der Waals surface area contributed by atoms with Crippen LogP contribution in [0, 0.1) is 5.41 Å². The van der Waals surface area contributed by atoms with Crippen molar-refractivity contribution in [1.29, 1.82) is 0 Å². The van der Waals surface area contributed by atoms with E-state index in [1.807, 2.05) is 12.1 Å². The average Bonchev–Trinajstić information content (AvgIpc) is 2.31. The Bertz CT molecular complexity index is 370. The molecule has 2 rings (SSSR count). The maximum absolute atomic E-state index is 9.36. The highest BCUT2D eigenvalue weighted by Gasteiger charge is 2.38. The van der Waals surface area contributed by atoms with Gasteiger partial charge in [-0.15, -0.1) is 0 Å². The quantitative estimate of drug-likeness (QED) is 0.824. The monoisotopic (exact) mass is 233 g/mol. The smallest absolute Gasteiger partial charge is 0.115 e. The van der Waals surface area contributed by atoms with Crippen molar-refractivity contribution in [2.24, 2.45) is 11.1 Å². The van der Waals surface area contributed by atoms with Gasteiger partial charge >= 0.3 is 0 Å². The highest BCUT2D eigenvalue weighted by atomic mass is 16.3. The van der Waals surface area contributed by atoms with Crippen LogP contribution in [0.4, 0.5) is 0 Å². The fourth-order valence-corrected chi connectivity index (χ4v) is 2.83. The molecular weight excluding hydrogens is 210 g/mol. The van der Waals surface area contributed by atoms with E-state index in [4.69, 9.17) is 5.73 Å². The SMILES string of the molecule is CC1(C)CCC(CN)(c2ccc(O)cc2)CC1. The first-order valence-electron chi connectivity index (χ1n) is 6.47. The van der Waals surface area contributed by atoms with Crippen molar-refractivity contribution in [1.82, 2.24) is 0 Å². The molecule has 1 saturated carbocycles. The van der Waals surface area contributed by atoms with Gasteiger partial charge in [0.2, 0.25) is 0 Å². The molecule has 0 spiro atoms. The zero-order chi connectivity index (χ0) is 12.5. The Morgan fingerprint density at radius 1 is 1.06 bits per heavy atom. The van der Waals surface area contributed by atoms with Crippen LogP contribution in [0.15, 0.2) is 24.3 Å². The molecule has 17 heavy (non-hydrogen) atoms. The highest BCUT2D eigenvalue weighted by Crippen LogP contribution is 2.46. The van der Waals surface area contributed by atoms with Crippen LogP contribution in [0.2, 0.25) is 0 Å². The normalized spacial score (nSPS) is 22.3. The third-order valence-corrected chi connectivity index (χ3v) is 4.43. The van der Waals surface area contributed by atoms with E-state index in [0.717, 1.165) is 12.8 Å². The van der Waals surface area contributed by atoms with Crippen LogP contribution in [0.1, 0.15) is 45.1 Å². The first-order valence-corrected chi connectivity index (χ1v) is 6.47. The summed E-state index contributed by atoms with van der Waals surface area (Å²) < 4.78 is 0. The van der Waals surface area contributed by atoms with Crippen molar-refractivity contribution in [3.8, 4) is 5.75 Å². The summed E-state index contributed by atoms with van der Waals surface area (Å²) in [6.07, 6.45) is 4.76. The van der Waals surface area contributed by atoms with Crippen molar-refractivity contribution >= 4 is 0 Å². The fraction of sp³-hybridized carbons (Fsp3) is 0.600. The molecule has 0 aromatic heterocycles. The molecule has 2 nitrogen and oxygen atoms in total. The summed E-state index contributed by atoms with van der Waals surface area (Å²) in [6, 6.07) is 7.60. The molecule has 1 aromatic rings.